The molecule has 29 heavy (non-hydrogen) atoms. The number of anilines is 1. The third kappa shape index (κ3) is 2.95. The molecule has 0 aromatic carbocycles. The molecule has 8 heteroatoms. The molecule has 4 aromatic rings. The number of aromatic amines is 1. The highest BCUT2D eigenvalue weighted by Crippen LogP contribution is 2.34. The fourth-order valence-corrected chi connectivity index (χ4v) is 4.60. The van der Waals surface area contributed by atoms with E-state index in [1.807, 2.05) is 18.5 Å². The lowest BCUT2D eigenvalue weighted by Gasteiger charge is -2.24. The second-order valence-corrected chi connectivity index (χ2v) is 8.04. The number of aromatic nitrogens is 5. The molecule has 0 spiro atoms. The summed E-state index contributed by atoms with van der Waals surface area (Å²) in [4.78, 5) is 19.1. The number of nitrogens with zero attached hydrogens (tertiary/aromatic N) is 5. The van der Waals surface area contributed by atoms with Gasteiger partial charge >= 0.3 is 0 Å². The van der Waals surface area contributed by atoms with Gasteiger partial charge in [-0.2, -0.15) is 0 Å². The first-order chi connectivity index (χ1) is 14.3. The number of nitrogens with one attached hydrogen (secondary N) is 1. The molecule has 6 heterocycles. The Bertz CT molecular complexity index is 1190. The van der Waals surface area contributed by atoms with Crippen LogP contribution in [0.25, 0.3) is 33.2 Å². The first kappa shape index (κ1) is 16.9. The van der Waals surface area contributed by atoms with E-state index in [-0.39, 0.29) is 0 Å². The van der Waals surface area contributed by atoms with Gasteiger partial charge in [0.1, 0.15) is 23.4 Å². The van der Waals surface area contributed by atoms with Gasteiger partial charge in [-0.1, -0.05) is 0 Å². The van der Waals surface area contributed by atoms with Gasteiger partial charge < -0.3 is 20.0 Å². The molecule has 4 aromatic heterocycles. The summed E-state index contributed by atoms with van der Waals surface area (Å²) in [7, 11) is 0. The number of hydrogen-bond donors (Lipinski definition) is 2. The maximum Gasteiger partial charge on any atom is 0.146 e. The molecule has 2 aliphatic rings. The Kier molecular flexibility index (Phi) is 3.82. The highest BCUT2D eigenvalue weighted by atomic mass is 16.6. The van der Waals surface area contributed by atoms with Crippen LogP contribution in [0.3, 0.4) is 0 Å². The fraction of sp³-hybridized carbons (Fsp3) is 0.381. The molecule has 0 bridgehead atoms. The van der Waals surface area contributed by atoms with Crippen LogP contribution in [0.4, 0.5) is 5.82 Å². The van der Waals surface area contributed by atoms with Gasteiger partial charge in [-0.05, 0) is 31.5 Å². The second kappa shape index (κ2) is 6.53. The van der Waals surface area contributed by atoms with Crippen molar-refractivity contribution < 1.29 is 4.74 Å². The van der Waals surface area contributed by atoms with Gasteiger partial charge in [-0.25, -0.2) is 15.0 Å². The van der Waals surface area contributed by atoms with Crippen molar-refractivity contribution in [2.24, 2.45) is 0 Å². The lowest BCUT2D eigenvalue weighted by Crippen LogP contribution is -2.35. The zero-order valence-corrected chi connectivity index (χ0v) is 16.1. The molecule has 2 aliphatic heterocycles. The van der Waals surface area contributed by atoms with Crippen molar-refractivity contribution >= 4 is 27.9 Å². The summed E-state index contributed by atoms with van der Waals surface area (Å²) in [5, 5.41) is 1.98. The number of hydrogen-bond acceptors (Lipinski definition) is 6. The van der Waals surface area contributed by atoms with Crippen LogP contribution in [-0.4, -0.2) is 61.2 Å². The van der Waals surface area contributed by atoms with Crippen molar-refractivity contribution in [1.29, 1.82) is 0 Å². The minimum Gasteiger partial charge on any atom is -0.383 e. The van der Waals surface area contributed by atoms with Crippen LogP contribution in [0.1, 0.15) is 12.8 Å². The molecule has 0 saturated carbocycles. The zero-order valence-electron chi connectivity index (χ0n) is 16.1. The number of nitrogen functional groups attached to an aromatic ring is 1. The monoisotopic (exact) mass is 389 g/mol. The quantitative estimate of drug-likeness (QED) is 0.508. The summed E-state index contributed by atoms with van der Waals surface area (Å²) >= 11 is 0. The molecule has 2 atom stereocenters. The molecule has 0 unspecified atom stereocenters. The molecule has 0 radical (unpaired) electrons. The number of H-pyrrole nitrogens is 1. The molecular weight excluding hydrogens is 366 g/mol. The lowest BCUT2D eigenvalue weighted by molar-refractivity contribution is 0.211. The average Bonchev–Trinajstić information content (AvgIpc) is 3.11. The molecule has 0 aliphatic carbocycles. The van der Waals surface area contributed by atoms with E-state index in [0.717, 1.165) is 59.4 Å². The molecule has 6 rings (SSSR count). The lowest BCUT2D eigenvalue weighted by atomic mass is 10.1. The highest BCUT2D eigenvalue weighted by Gasteiger charge is 2.32. The van der Waals surface area contributed by atoms with E-state index in [4.69, 9.17) is 10.5 Å². The van der Waals surface area contributed by atoms with Crippen molar-refractivity contribution in [3.05, 3.63) is 37.1 Å². The van der Waals surface area contributed by atoms with Crippen LogP contribution in [0.5, 0.6) is 0 Å². The van der Waals surface area contributed by atoms with Crippen LogP contribution < -0.4 is 5.73 Å². The van der Waals surface area contributed by atoms with E-state index in [1.54, 1.807) is 6.33 Å². The fourth-order valence-electron chi connectivity index (χ4n) is 4.60. The molecule has 148 valence electrons. The van der Waals surface area contributed by atoms with Crippen LogP contribution in [0.15, 0.2) is 37.1 Å². The summed E-state index contributed by atoms with van der Waals surface area (Å²) < 4.78 is 7.69. The average molecular weight is 389 g/mol. The Morgan fingerprint density at radius 3 is 3.07 bits per heavy atom. The first-order valence-electron chi connectivity index (χ1n) is 10.1. The summed E-state index contributed by atoms with van der Waals surface area (Å²) in [6.45, 7) is 3.96. The molecule has 3 N–H and O–H groups in total. The Morgan fingerprint density at radius 1 is 1.24 bits per heavy atom. The number of fused-ring (bicyclic) bond motifs is 2. The Labute approximate surface area is 167 Å². The van der Waals surface area contributed by atoms with E-state index >= 15 is 0 Å². The van der Waals surface area contributed by atoms with Crippen molar-refractivity contribution in [2.75, 3.05) is 25.4 Å². The van der Waals surface area contributed by atoms with E-state index in [1.165, 1.54) is 12.8 Å². The van der Waals surface area contributed by atoms with Gasteiger partial charge in [0.2, 0.25) is 0 Å². The van der Waals surface area contributed by atoms with E-state index in [9.17, 15) is 0 Å². The predicted octanol–water partition coefficient (Wildman–Crippen LogP) is 2.42. The molecular formula is C21H23N7O. The van der Waals surface area contributed by atoms with E-state index in [2.05, 4.69) is 41.7 Å². The van der Waals surface area contributed by atoms with E-state index in [0.29, 0.717) is 18.0 Å². The largest absolute Gasteiger partial charge is 0.383 e. The van der Waals surface area contributed by atoms with Gasteiger partial charge in [0.15, 0.2) is 0 Å². The van der Waals surface area contributed by atoms with E-state index < -0.39 is 0 Å². The topological polar surface area (TPSA) is 101 Å². The van der Waals surface area contributed by atoms with Crippen molar-refractivity contribution in [3.63, 3.8) is 0 Å². The summed E-state index contributed by atoms with van der Waals surface area (Å²) in [6, 6.07) is 4.65. The van der Waals surface area contributed by atoms with Crippen molar-refractivity contribution in [3.8, 4) is 11.1 Å². The first-order valence-corrected chi connectivity index (χ1v) is 10.1. The van der Waals surface area contributed by atoms with Crippen molar-refractivity contribution in [2.45, 2.75) is 31.5 Å². The van der Waals surface area contributed by atoms with Crippen LogP contribution in [0, 0.1) is 0 Å². The minimum atomic E-state index is 0.421. The Hall–Kier alpha value is -2.97. The maximum atomic E-state index is 6.29. The third-order valence-electron chi connectivity index (χ3n) is 6.14. The van der Waals surface area contributed by atoms with Gasteiger partial charge in [0.05, 0.1) is 18.1 Å². The van der Waals surface area contributed by atoms with Crippen LogP contribution >= 0.6 is 0 Å². The van der Waals surface area contributed by atoms with Gasteiger partial charge in [0.25, 0.3) is 0 Å². The van der Waals surface area contributed by atoms with Gasteiger partial charge in [-0.15, -0.1) is 0 Å². The second-order valence-electron chi connectivity index (χ2n) is 8.04. The molecule has 8 nitrogen and oxygen atoms in total. The third-order valence-corrected chi connectivity index (χ3v) is 6.14. The van der Waals surface area contributed by atoms with Gasteiger partial charge in [-0.3, -0.25) is 4.90 Å². The maximum absolute atomic E-state index is 6.29. The number of ether oxygens (including phenoxy) is 1. The number of pyridine rings is 1. The molecule has 2 saturated heterocycles. The SMILES string of the molecule is Nc1ncnc2c1c(-c1cnc3[nH]ccc3c1)cn2C[C@H]1CCCN1C[C@@H]1CO1. The Morgan fingerprint density at radius 2 is 2.17 bits per heavy atom. The smallest absolute Gasteiger partial charge is 0.146 e. The number of epoxide rings is 1. The summed E-state index contributed by atoms with van der Waals surface area (Å²) in [5.41, 5.74) is 10.1. The number of likely N-dealkylation sites (tertiary alicyclic amines) is 1. The van der Waals surface area contributed by atoms with Crippen molar-refractivity contribution in [1.82, 2.24) is 29.4 Å². The number of nitrogens with two attached hydrogens (primary N) is 1. The highest BCUT2D eigenvalue weighted by molar-refractivity contribution is 6.01. The molecule has 2 fully saturated rings. The standard InChI is InChI=1S/C21H23N7O/c22-19-18-17(14-6-13-3-4-23-20(13)24-7-14)10-28(21(18)26-12-25-19)8-15-2-1-5-27(15)9-16-11-29-16/h3-4,6-7,10,12,15-16H,1-2,5,8-9,11H2,(H,23,24)(H2,22,25,26)/t15-,16-/m1/s1. The predicted molar refractivity (Wildman–Crippen MR) is 111 cm³/mol. The molecule has 0 amide bonds. The van der Waals surface area contributed by atoms with Crippen LogP contribution in [-0.2, 0) is 11.3 Å². The summed E-state index contributed by atoms with van der Waals surface area (Å²) in [5.74, 6) is 0.507. The zero-order chi connectivity index (χ0) is 19.4. The number of rotatable bonds is 5. The summed E-state index contributed by atoms with van der Waals surface area (Å²) in [6.07, 6.45) is 10.3. The van der Waals surface area contributed by atoms with Gasteiger partial charge in [0, 0.05) is 54.2 Å². The minimum absolute atomic E-state index is 0.421. The Balaban J connectivity index is 1.41. The normalized spacial score (nSPS) is 22.1. The van der Waals surface area contributed by atoms with Crippen LogP contribution in [0.2, 0.25) is 0 Å².